The van der Waals surface area contributed by atoms with Crippen molar-refractivity contribution in [3.8, 4) is 0 Å². The minimum absolute atomic E-state index is 0.113. The lowest BCUT2D eigenvalue weighted by Crippen LogP contribution is -2.27. The Bertz CT molecular complexity index is 168. The van der Waals surface area contributed by atoms with Crippen molar-refractivity contribution < 1.29 is 9.59 Å². The fourth-order valence-corrected chi connectivity index (χ4v) is 0.713. The Kier molecular flexibility index (Phi) is 5.72. The lowest BCUT2D eigenvalue weighted by molar-refractivity contribution is -0.123. The second-order valence-electron chi connectivity index (χ2n) is 3.05. The second kappa shape index (κ2) is 6.00. The van der Waals surface area contributed by atoms with Gasteiger partial charge in [-0.3, -0.25) is 9.59 Å². The first-order chi connectivity index (χ1) is 5.52. The van der Waals surface area contributed by atoms with Crippen LogP contribution in [0.5, 0.6) is 0 Å². The van der Waals surface area contributed by atoms with E-state index in [1.165, 1.54) is 0 Å². The highest BCUT2D eigenvalue weighted by Gasteiger charge is 2.04. The molecule has 0 spiro atoms. The first-order valence-electron chi connectivity index (χ1n) is 3.97. The summed E-state index contributed by atoms with van der Waals surface area (Å²) in [5.74, 6) is 0.318. The van der Waals surface area contributed by atoms with Crippen LogP contribution in [0.1, 0.15) is 26.7 Å². The maximum atomic E-state index is 10.9. The molecule has 0 bridgehead atoms. The van der Waals surface area contributed by atoms with Crippen LogP contribution in [0.15, 0.2) is 0 Å². The Balaban J connectivity index is 3.40. The number of halogens is 1. The molecule has 1 N–H and O–H groups in total. The number of hydrogen-bond acceptors (Lipinski definition) is 2. The summed E-state index contributed by atoms with van der Waals surface area (Å²) in [5, 5.41) is 2.22. The van der Waals surface area contributed by atoms with E-state index in [1.807, 2.05) is 13.8 Å². The van der Waals surface area contributed by atoms with Gasteiger partial charge in [0.15, 0.2) is 0 Å². The zero-order chi connectivity index (χ0) is 9.56. The Hall–Kier alpha value is -0.570. The van der Waals surface area contributed by atoms with E-state index in [0.717, 1.165) is 0 Å². The van der Waals surface area contributed by atoms with Gasteiger partial charge >= 0.3 is 0 Å². The van der Waals surface area contributed by atoms with Crippen LogP contribution in [0.4, 0.5) is 0 Å². The van der Waals surface area contributed by atoms with Crippen LogP contribution >= 0.6 is 11.6 Å². The first-order valence-corrected chi connectivity index (χ1v) is 4.35. The molecule has 0 aromatic carbocycles. The largest absolute Gasteiger partial charge is 0.356 e. The zero-order valence-corrected chi connectivity index (χ0v) is 8.15. The maximum absolute atomic E-state index is 10.9. The number of nitrogens with one attached hydrogen (secondary N) is 1. The quantitative estimate of drug-likeness (QED) is 0.666. The maximum Gasteiger partial charge on any atom is 0.222 e. The Morgan fingerprint density at radius 3 is 2.33 bits per heavy atom. The van der Waals surface area contributed by atoms with E-state index in [0.29, 0.717) is 12.5 Å². The highest BCUT2D eigenvalue weighted by Crippen LogP contribution is 1.95. The van der Waals surface area contributed by atoms with Gasteiger partial charge in [-0.15, -0.1) is 0 Å². The summed E-state index contributed by atoms with van der Waals surface area (Å²) < 4.78 is 0. The van der Waals surface area contributed by atoms with Gasteiger partial charge in [-0.25, -0.2) is 0 Å². The van der Waals surface area contributed by atoms with Crippen molar-refractivity contribution in [2.24, 2.45) is 5.92 Å². The summed E-state index contributed by atoms with van der Waals surface area (Å²) in [7, 11) is 0. The van der Waals surface area contributed by atoms with Gasteiger partial charge in [0.2, 0.25) is 11.1 Å². The smallest absolute Gasteiger partial charge is 0.222 e. The van der Waals surface area contributed by atoms with Gasteiger partial charge < -0.3 is 5.32 Å². The summed E-state index contributed by atoms with van der Waals surface area (Å²) in [6.07, 6.45) is 0.306. The molecule has 0 atom stereocenters. The predicted molar refractivity (Wildman–Crippen MR) is 47.9 cm³/mol. The summed E-state index contributed by atoms with van der Waals surface area (Å²) in [5.41, 5.74) is 0. The minimum atomic E-state index is -0.463. The third-order valence-corrected chi connectivity index (χ3v) is 1.45. The van der Waals surface area contributed by atoms with Crippen LogP contribution in [-0.4, -0.2) is 17.7 Å². The third kappa shape index (κ3) is 7.54. The van der Waals surface area contributed by atoms with Gasteiger partial charge in [-0.05, 0) is 17.5 Å². The molecule has 0 fully saturated rings. The minimum Gasteiger partial charge on any atom is -0.356 e. The van der Waals surface area contributed by atoms with Gasteiger partial charge in [-0.1, -0.05) is 13.8 Å². The van der Waals surface area contributed by atoms with Crippen LogP contribution in [0.3, 0.4) is 0 Å². The van der Waals surface area contributed by atoms with Crippen LogP contribution in [0.2, 0.25) is 0 Å². The number of carbonyl (C=O) groups excluding carboxylic acids is 2. The van der Waals surface area contributed by atoms with Crippen molar-refractivity contribution in [3.05, 3.63) is 0 Å². The van der Waals surface area contributed by atoms with Crippen molar-refractivity contribution in [1.29, 1.82) is 0 Å². The number of carbonyl (C=O) groups is 2. The van der Waals surface area contributed by atoms with Crippen LogP contribution < -0.4 is 5.32 Å². The monoisotopic (exact) mass is 191 g/mol. The fourth-order valence-electron chi connectivity index (χ4n) is 0.618. The fraction of sp³-hybridized carbons (Fsp3) is 0.750. The molecule has 0 saturated carbocycles. The number of hydrogen-bond donors (Lipinski definition) is 1. The highest BCUT2D eigenvalue weighted by molar-refractivity contribution is 6.63. The number of rotatable bonds is 5. The lowest BCUT2D eigenvalue weighted by Gasteiger charge is -2.05. The van der Waals surface area contributed by atoms with E-state index in [1.54, 1.807) is 0 Å². The molecular formula is C8H14ClNO2. The molecule has 0 rings (SSSR count). The molecule has 70 valence electrons. The molecule has 0 radical (unpaired) electrons. The van der Waals surface area contributed by atoms with E-state index in [9.17, 15) is 9.59 Å². The summed E-state index contributed by atoms with van der Waals surface area (Å²) in [6.45, 7) is 4.66. The molecule has 1 amide bonds. The molecular weight excluding hydrogens is 178 g/mol. The Labute approximate surface area is 77.5 Å². The van der Waals surface area contributed by atoms with Crippen LogP contribution in [0.25, 0.3) is 0 Å². The number of amides is 1. The molecule has 3 nitrogen and oxygen atoms in total. The van der Waals surface area contributed by atoms with Gasteiger partial charge in [0, 0.05) is 19.4 Å². The Morgan fingerprint density at radius 2 is 1.92 bits per heavy atom. The highest BCUT2D eigenvalue weighted by atomic mass is 35.5. The molecule has 0 aliphatic heterocycles. The van der Waals surface area contributed by atoms with Gasteiger partial charge in [0.25, 0.3) is 0 Å². The molecule has 0 saturated heterocycles. The normalized spacial score (nSPS) is 10.0. The average Bonchev–Trinajstić information content (AvgIpc) is 1.96. The predicted octanol–water partition coefficient (Wildman–Crippen LogP) is 1.30. The van der Waals surface area contributed by atoms with Gasteiger partial charge in [0.05, 0.1) is 0 Å². The molecule has 0 aromatic rings. The summed E-state index contributed by atoms with van der Waals surface area (Å²) >= 11 is 5.07. The average molecular weight is 192 g/mol. The van der Waals surface area contributed by atoms with Crippen LogP contribution in [0, 0.1) is 5.92 Å². The van der Waals surface area contributed by atoms with E-state index >= 15 is 0 Å². The third-order valence-electron chi connectivity index (χ3n) is 1.26. The van der Waals surface area contributed by atoms with Crippen molar-refractivity contribution in [1.82, 2.24) is 5.32 Å². The van der Waals surface area contributed by atoms with Crippen LogP contribution in [-0.2, 0) is 9.59 Å². The molecule has 4 heteroatoms. The van der Waals surface area contributed by atoms with Crippen molar-refractivity contribution in [3.63, 3.8) is 0 Å². The van der Waals surface area contributed by atoms with Crippen molar-refractivity contribution >= 4 is 22.8 Å². The van der Waals surface area contributed by atoms with Gasteiger partial charge in [-0.2, -0.15) is 0 Å². The summed E-state index contributed by atoms with van der Waals surface area (Å²) in [6, 6.07) is 0. The van der Waals surface area contributed by atoms with Crippen molar-refractivity contribution in [2.75, 3.05) is 6.54 Å². The topological polar surface area (TPSA) is 46.2 Å². The van der Waals surface area contributed by atoms with E-state index in [2.05, 4.69) is 5.32 Å². The Morgan fingerprint density at radius 1 is 1.33 bits per heavy atom. The lowest BCUT2D eigenvalue weighted by atomic mass is 10.2. The molecule has 0 aliphatic carbocycles. The van der Waals surface area contributed by atoms with E-state index in [-0.39, 0.29) is 18.7 Å². The second-order valence-corrected chi connectivity index (χ2v) is 3.47. The van der Waals surface area contributed by atoms with E-state index in [4.69, 9.17) is 11.6 Å². The molecule has 0 aromatic heterocycles. The molecule has 0 aliphatic rings. The van der Waals surface area contributed by atoms with E-state index < -0.39 is 5.24 Å². The molecule has 12 heavy (non-hydrogen) atoms. The standard InChI is InChI=1S/C8H14ClNO2/c1-6(2)5-10-8(12)4-3-7(9)11/h6H,3-5H2,1-2H3,(H,10,12). The SMILES string of the molecule is CC(C)CNC(=O)CCC(=O)Cl. The summed E-state index contributed by atoms with van der Waals surface area (Å²) in [4.78, 5) is 21.2. The van der Waals surface area contributed by atoms with Crippen molar-refractivity contribution in [2.45, 2.75) is 26.7 Å². The first kappa shape index (κ1) is 11.4. The molecule has 0 unspecified atom stereocenters. The molecule has 0 heterocycles. The van der Waals surface area contributed by atoms with Gasteiger partial charge in [0.1, 0.15) is 0 Å². The zero-order valence-electron chi connectivity index (χ0n) is 7.39.